The van der Waals surface area contributed by atoms with Crippen molar-refractivity contribution >= 4 is 40.8 Å². The Morgan fingerprint density at radius 2 is 2.00 bits per heavy atom. The molecule has 0 aromatic carbocycles. The van der Waals surface area contributed by atoms with Crippen LogP contribution in [-0.4, -0.2) is 47.9 Å². The fourth-order valence-corrected chi connectivity index (χ4v) is 6.41. The summed E-state index contributed by atoms with van der Waals surface area (Å²) in [6.07, 6.45) is 6.17. The van der Waals surface area contributed by atoms with Gasteiger partial charge in [-0.1, -0.05) is 43.4 Å². The Labute approximate surface area is 229 Å². The number of ketones is 1. The van der Waals surface area contributed by atoms with E-state index in [2.05, 4.69) is 21.8 Å². The number of fused-ring (bicyclic) bond motifs is 1. The molecule has 0 spiro atoms. The van der Waals surface area contributed by atoms with Gasteiger partial charge in [0.2, 0.25) is 5.91 Å². The molecule has 3 atom stereocenters. The highest BCUT2D eigenvalue weighted by molar-refractivity contribution is 7.10. The van der Waals surface area contributed by atoms with E-state index in [0.29, 0.717) is 34.8 Å². The number of rotatable bonds is 7. The molecule has 194 valence electrons. The Balaban J connectivity index is 1.42. The maximum absolute atomic E-state index is 13.5. The molecule has 2 aromatic heterocycles. The lowest BCUT2D eigenvalue weighted by atomic mass is 9.91. The van der Waals surface area contributed by atoms with E-state index >= 15 is 0 Å². The Kier molecular flexibility index (Phi) is 9.00. The second kappa shape index (κ2) is 12.2. The van der Waals surface area contributed by atoms with Gasteiger partial charge in [0.1, 0.15) is 0 Å². The van der Waals surface area contributed by atoms with Crippen molar-refractivity contribution in [1.82, 2.24) is 9.88 Å². The van der Waals surface area contributed by atoms with Crippen LogP contribution < -0.4 is 0 Å². The summed E-state index contributed by atoms with van der Waals surface area (Å²) in [5, 5.41) is 2.42. The Hall–Kier alpha value is -2.75. The van der Waals surface area contributed by atoms with E-state index in [-0.39, 0.29) is 24.0 Å². The summed E-state index contributed by atoms with van der Waals surface area (Å²) in [6, 6.07) is 5.95. The lowest BCUT2D eigenvalue weighted by Crippen LogP contribution is -2.33. The van der Waals surface area contributed by atoms with E-state index < -0.39 is 0 Å². The van der Waals surface area contributed by atoms with Crippen LogP contribution in [0.5, 0.6) is 0 Å². The van der Waals surface area contributed by atoms with Gasteiger partial charge in [-0.2, -0.15) is 0 Å². The molecular weight excluding hydrogens is 502 g/mol. The average molecular weight is 536 g/mol. The lowest BCUT2D eigenvalue weighted by molar-refractivity contribution is -0.133. The molecule has 1 saturated heterocycles. The fraction of sp³-hybridized carbons (Fsp3) is 0.467. The molecule has 0 N–H and O–H groups in total. The number of halogens is 1. The molecule has 0 bridgehead atoms. The molecule has 7 heteroatoms. The van der Waals surface area contributed by atoms with Gasteiger partial charge in [-0.05, 0) is 67.0 Å². The molecule has 0 unspecified atom stereocenters. The first-order valence-electron chi connectivity index (χ1n) is 12.9. The zero-order valence-corrected chi connectivity index (χ0v) is 23.5. The van der Waals surface area contributed by atoms with Gasteiger partial charge >= 0.3 is 0 Å². The topological polar surface area (TPSA) is 62.6 Å². The molecule has 5 nitrogen and oxygen atoms in total. The summed E-state index contributed by atoms with van der Waals surface area (Å²) in [7, 11) is 1.66. The van der Waals surface area contributed by atoms with Crippen LogP contribution in [0.2, 0.25) is 0 Å². The molecular formula is C30H34ClN3O2S. The number of amides is 1. The van der Waals surface area contributed by atoms with Gasteiger partial charge in [0.15, 0.2) is 5.78 Å². The van der Waals surface area contributed by atoms with Crippen LogP contribution in [0, 0.1) is 42.4 Å². The van der Waals surface area contributed by atoms with Gasteiger partial charge in [-0.25, -0.2) is 0 Å². The molecule has 1 saturated carbocycles. The van der Waals surface area contributed by atoms with Crippen LogP contribution in [0.4, 0.5) is 0 Å². The van der Waals surface area contributed by atoms with Crippen LogP contribution in [0.3, 0.4) is 0 Å². The molecule has 4 rings (SSSR count). The van der Waals surface area contributed by atoms with E-state index in [1.807, 2.05) is 49.3 Å². The van der Waals surface area contributed by atoms with Crippen LogP contribution >= 0.6 is 22.9 Å². The van der Waals surface area contributed by atoms with Crippen molar-refractivity contribution in [3.63, 3.8) is 0 Å². The quantitative estimate of drug-likeness (QED) is 0.260. The van der Waals surface area contributed by atoms with Gasteiger partial charge in [0.25, 0.3) is 0 Å². The van der Waals surface area contributed by atoms with Gasteiger partial charge in [0.05, 0.1) is 22.0 Å². The smallest absolute Gasteiger partial charge is 0.225 e. The minimum atomic E-state index is -0.00779. The maximum atomic E-state index is 13.5. The number of pyridine rings is 1. The monoisotopic (exact) mass is 535 g/mol. The van der Waals surface area contributed by atoms with Crippen LogP contribution in [-0.2, 0) is 16.0 Å². The Bertz CT molecular complexity index is 1260. The first kappa shape index (κ1) is 27.3. The number of carbonyl (C=O) groups is 2. The number of thiophene rings is 1. The van der Waals surface area contributed by atoms with E-state index in [4.69, 9.17) is 11.6 Å². The molecule has 0 radical (unpaired) electrons. The minimum Gasteiger partial charge on any atom is -0.342 e. The normalized spacial score (nSPS) is 21.7. The van der Waals surface area contributed by atoms with Crippen molar-refractivity contribution in [2.45, 2.75) is 46.5 Å². The van der Waals surface area contributed by atoms with Crippen molar-refractivity contribution in [1.29, 1.82) is 0 Å². The SMILES string of the molecule is C/N=C\C(Cl)=C(/C[C@H]1C[C@@H]2CN(C(=O)C(C)C)C[C@@H]2C1)C(=O)Cc1ncc(C#Cc2cccs2)cc1C. The van der Waals surface area contributed by atoms with Crippen LogP contribution in [0.1, 0.15) is 54.8 Å². The van der Waals surface area contributed by atoms with Gasteiger partial charge < -0.3 is 4.90 Å². The Morgan fingerprint density at radius 1 is 1.27 bits per heavy atom. The highest BCUT2D eigenvalue weighted by Gasteiger charge is 2.43. The number of Topliss-reactive ketones (excluding diaryl/α,β-unsaturated/α-hetero) is 1. The zero-order valence-electron chi connectivity index (χ0n) is 22.0. The summed E-state index contributed by atoms with van der Waals surface area (Å²) in [5.74, 6) is 7.97. The third-order valence-electron chi connectivity index (χ3n) is 7.38. The molecule has 1 aliphatic heterocycles. The van der Waals surface area contributed by atoms with E-state index in [9.17, 15) is 9.59 Å². The molecule has 2 aliphatic rings. The molecule has 1 aliphatic carbocycles. The van der Waals surface area contributed by atoms with Crippen molar-refractivity contribution < 1.29 is 9.59 Å². The Morgan fingerprint density at radius 3 is 2.59 bits per heavy atom. The summed E-state index contributed by atoms with van der Waals surface area (Å²) < 4.78 is 0. The fourth-order valence-electron chi connectivity index (χ4n) is 5.56. The number of hydrogen-bond donors (Lipinski definition) is 0. The number of aliphatic imine (C=N–C) groups is 1. The highest BCUT2D eigenvalue weighted by Crippen LogP contribution is 2.44. The van der Waals surface area contributed by atoms with Crippen molar-refractivity contribution in [2.75, 3.05) is 20.1 Å². The molecule has 3 heterocycles. The van der Waals surface area contributed by atoms with Crippen molar-refractivity contribution in [3.8, 4) is 11.8 Å². The van der Waals surface area contributed by atoms with Crippen LogP contribution in [0.25, 0.3) is 0 Å². The van der Waals surface area contributed by atoms with Gasteiger partial charge in [0, 0.05) is 49.6 Å². The third kappa shape index (κ3) is 6.77. The predicted octanol–water partition coefficient (Wildman–Crippen LogP) is 5.69. The third-order valence-corrected chi connectivity index (χ3v) is 8.49. The van der Waals surface area contributed by atoms with E-state index in [0.717, 1.165) is 47.6 Å². The number of aromatic nitrogens is 1. The van der Waals surface area contributed by atoms with Crippen molar-refractivity contribution in [3.05, 3.63) is 62.1 Å². The number of allylic oxidation sites excluding steroid dienone is 2. The lowest BCUT2D eigenvalue weighted by Gasteiger charge is -2.21. The highest BCUT2D eigenvalue weighted by atomic mass is 35.5. The summed E-state index contributed by atoms with van der Waals surface area (Å²) in [6.45, 7) is 7.55. The van der Waals surface area contributed by atoms with E-state index in [1.165, 1.54) is 0 Å². The molecule has 2 fully saturated rings. The van der Waals surface area contributed by atoms with Gasteiger partial charge in [-0.3, -0.25) is 19.6 Å². The number of hydrogen-bond acceptors (Lipinski definition) is 5. The second-order valence-corrected chi connectivity index (χ2v) is 11.8. The number of likely N-dealkylation sites (tertiary alicyclic amines) is 1. The predicted molar refractivity (Wildman–Crippen MR) is 151 cm³/mol. The maximum Gasteiger partial charge on any atom is 0.225 e. The second-order valence-electron chi connectivity index (χ2n) is 10.5. The minimum absolute atomic E-state index is 0.00779. The number of carbonyl (C=O) groups excluding carboxylic acids is 2. The summed E-state index contributed by atoms with van der Waals surface area (Å²) in [5.41, 5.74) is 3.15. The molecule has 37 heavy (non-hydrogen) atoms. The molecule has 2 aromatic rings. The summed E-state index contributed by atoms with van der Waals surface area (Å²) >= 11 is 8.18. The zero-order chi connectivity index (χ0) is 26.5. The van der Waals surface area contributed by atoms with Gasteiger partial charge in [-0.15, -0.1) is 11.3 Å². The van der Waals surface area contributed by atoms with Crippen LogP contribution in [0.15, 0.2) is 45.4 Å². The average Bonchev–Trinajstić information content (AvgIpc) is 3.59. The number of aryl methyl sites for hydroxylation is 1. The first-order chi connectivity index (χ1) is 17.7. The standard InChI is InChI=1S/C30H34ClN3O2S/c1-19(2)30(36)34-17-23-11-22(12-24(23)18-34)13-26(27(31)16-32-4)29(35)14-28-20(3)10-21(15-33-28)7-8-25-6-5-9-37-25/h5-6,9-10,15-16,19,22-24H,11-14,17-18H2,1-4H3/b27-26-,32-16-/t22-,23+,24-. The largest absolute Gasteiger partial charge is 0.342 e. The summed E-state index contributed by atoms with van der Waals surface area (Å²) in [4.78, 5) is 37.6. The molecule has 1 amide bonds. The first-order valence-corrected chi connectivity index (χ1v) is 14.1. The number of nitrogens with zero attached hydrogens (tertiary/aromatic N) is 3. The van der Waals surface area contributed by atoms with E-state index in [1.54, 1.807) is 30.8 Å². The van der Waals surface area contributed by atoms with Crippen molar-refractivity contribution in [2.24, 2.45) is 28.7 Å².